The highest BCUT2D eigenvalue weighted by Crippen LogP contribution is 2.22. The Balaban J connectivity index is 1.59. The maximum Gasteiger partial charge on any atom is 0.257 e. The van der Waals surface area contributed by atoms with Crippen LogP contribution >= 0.6 is 0 Å². The van der Waals surface area contributed by atoms with Gasteiger partial charge in [-0.1, -0.05) is 17.3 Å². The van der Waals surface area contributed by atoms with Crippen molar-refractivity contribution in [2.75, 3.05) is 7.11 Å². The minimum Gasteiger partial charge on any atom is -0.497 e. The van der Waals surface area contributed by atoms with E-state index in [2.05, 4.69) is 20.1 Å². The largest absolute Gasteiger partial charge is 0.497 e. The number of imidazole rings is 1. The molecule has 0 fully saturated rings. The van der Waals surface area contributed by atoms with Crippen molar-refractivity contribution in [2.45, 2.75) is 10.9 Å². The molecule has 0 aliphatic heterocycles. The Morgan fingerprint density at radius 3 is 2.58 bits per heavy atom. The number of para-hydroxylation sites is 2. The number of fused-ring (bicyclic) bond motifs is 1. The second-order valence-corrected chi connectivity index (χ2v) is 7.47. The zero-order valence-corrected chi connectivity index (χ0v) is 14.5. The van der Waals surface area contributed by atoms with E-state index in [0.717, 1.165) is 0 Å². The number of ether oxygens (including phenoxy) is 1. The van der Waals surface area contributed by atoms with E-state index in [4.69, 9.17) is 9.26 Å². The molecule has 0 atom stereocenters. The number of H-pyrrole nitrogens is 1. The SMILES string of the molecule is COc1ccc(-c2nc(CS(=O)(=O)c3nc4ccccc4[nH]3)no2)cc1. The van der Waals surface area contributed by atoms with Crippen LogP contribution in [0.2, 0.25) is 0 Å². The maximum atomic E-state index is 12.6. The summed E-state index contributed by atoms with van der Waals surface area (Å²) < 4.78 is 35.4. The number of nitrogens with zero attached hydrogens (tertiary/aromatic N) is 3. The third-order valence-electron chi connectivity index (χ3n) is 3.79. The number of sulfone groups is 1. The highest BCUT2D eigenvalue weighted by Gasteiger charge is 2.23. The first-order valence-corrected chi connectivity index (χ1v) is 9.35. The number of methoxy groups -OCH3 is 1. The van der Waals surface area contributed by atoms with Crippen molar-refractivity contribution in [1.29, 1.82) is 0 Å². The fraction of sp³-hybridized carbons (Fsp3) is 0.118. The molecule has 132 valence electrons. The normalized spacial score (nSPS) is 11.7. The molecule has 8 nitrogen and oxygen atoms in total. The van der Waals surface area contributed by atoms with Crippen LogP contribution in [0.4, 0.5) is 0 Å². The Kier molecular flexibility index (Phi) is 3.92. The van der Waals surface area contributed by atoms with E-state index in [0.29, 0.717) is 22.3 Å². The quantitative estimate of drug-likeness (QED) is 0.575. The lowest BCUT2D eigenvalue weighted by atomic mass is 10.2. The molecule has 0 unspecified atom stereocenters. The maximum absolute atomic E-state index is 12.6. The van der Waals surface area contributed by atoms with Gasteiger partial charge >= 0.3 is 0 Å². The first-order chi connectivity index (χ1) is 12.5. The second kappa shape index (κ2) is 6.26. The van der Waals surface area contributed by atoms with E-state index in [1.54, 1.807) is 55.6 Å². The smallest absolute Gasteiger partial charge is 0.257 e. The molecule has 0 aliphatic carbocycles. The lowest BCUT2D eigenvalue weighted by molar-refractivity contribution is 0.414. The summed E-state index contributed by atoms with van der Waals surface area (Å²) in [4.78, 5) is 11.1. The number of rotatable bonds is 5. The Morgan fingerprint density at radius 1 is 1.08 bits per heavy atom. The fourth-order valence-corrected chi connectivity index (χ4v) is 3.58. The molecular weight excluding hydrogens is 356 g/mol. The van der Waals surface area contributed by atoms with Crippen LogP contribution in [-0.4, -0.2) is 35.6 Å². The van der Waals surface area contributed by atoms with Gasteiger partial charge in [-0.25, -0.2) is 13.4 Å². The average Bonchev–Trinajstić information content (AvgIpc) is 3.28. The molecule has 0 saturated carbocycles. The predicted octanol–water partition coefficient (Wildman–Crippen LogP) is 2.60. The van der Waals surface area contributed by atoms with Crippen molar-refractivity contribution in [3.05, 3.63) is 54.4 Å². The van der Waals surface area contributed by atoms with E-state index in [-0.39, 0.29) is 16.9 Å². The molecule has 9 heteroatoms. The lowest BCUT2D eigenvalue weighted by Gasteiger charge is -1.98. The van der Waals surface area contributed by atoms with Crippen LogP contribution in [-0.2, 0) is 15.6 Å². The molecule has 4 aromatic rings. The topological polar surface area (TPSA) is 111 Å². The second-order valence-electron chi connectivity index (χ2n) is 5.56. The summed E-state index contributed by atoms with van der Waals surface area (Å²) in [6.07, 6.45) is 0. The summed E-state index contributed by atoms with van der Waals surface area (Å²) >= 11 is 0. The molecule has 2 heterocycles. The van der Waals surface area contributed by atoms with Crippen LogP contribution < -0.4 is 4.74 Å². The summed E-state index contributed by atoms with van der Waals surface area (Å²) in [5.74, 6) is 0.589. The van der Waals surface area contributed by atoms with Crippen LogP contribution in [0.1, 0.15) is 5.82 Å². The Bertz CT molecular complexity index is 1130. The van der Waals surface area contributed by atoms with Gasteiger partial charge in [0.25, 0.3) is 5.89 Å². The van der Waals surface area contributed by atoms with Gasteiger partial charge in [0.05, 0.1) is 18.1 Å². The van der Waals surface area contributed by atoms with Crippen molar-refractivity contribution >= 4 is 20.9 Å². The molecule has 4 rings (SSSR count). The standard InChI is InChI=1S/C17H14N4O4S/c1-24-12-8-6-11(7-9-12)16-20-15(21-25-16)10-26(22,23)17-18-13-4-2-3-5-14(13)19-17/h2-9H,10H2,1H3,(H,18,19). The summed E-state index contributed by atoms with van der Waals surface area (Å²) in [5.41, 5.74) is 1.90. The minimum absolute atomic E-state index is 0.0660. The van der Waals surface area contributed by atoms with Gasteiger partial charge in [0, 0.05) is 5.56 Å². The first-order valence-electron chi connectivity index (χ1n) is 7.70. The summed E-state index contributed by atoms with van der Waals surface area (Å²) in [6, 6.07) is 14.1. The van der Waals surface area contributed by atoms with Gasteiger partial charge in [-0.3, -0.25) is 0 Å². The molecule has 0 amide bonds. The molecule has 2 aromatic heterocycles. The summed E-state index contributed by atoms with van der Waals surface area (Å²) in [7, 11) is -2.15. The van der Waals surface area contributed by atoms with Gasteiger partial charge < -0.3 is 14.2 Å². The van der Waals surface area contributed by atoms with Crippen molar-refractivity contribution in [1.82, 2.24) is 20.1 Å². The van der Waals surface area contributed by atoms with Crippen molar-refractivity contribution in [2.24, 2.45) is 0 Å². The van der Waals surface area contributed by atoms with Crippen LogP contribution in [0, 0.1) is 0 Å². The van der Waals surface area contributed by atoms with Gasteiger partial charge in [0.1, 0.15) is 11.5 Å². The van der Waals surface area contributed by atoms with Gasteiger partial charge in [-0.2, -0.15) is 4.98 Å². The highest BCUT2D eigenvalue weighted by atomic mass is 32.2. The minimum atomic E-state index is -3.73. The summed E-state index contributed by atoms with van der Waals surface area (Å²) in [6.45, 7) is 0. The van der Waals surface area contributed by atoms with Crippen LogP contribution in [0.5, 0.6) is 5.75 Å². The van der Waals surface area contributed by atoms with E-state index in [1.807, 2.05) is 0 Å². The van der Waals surface area contributed by atoms with Crippen LogP contribution in [0.3, 0.4) is 0 Å². The van der Waals surface area contributed by atoms with E-state index < -0.39 is 15.6 Å². The summed E-state index contributed by atoms with van der Waals surface area (Å²) in [5, 5.41) is 3.65. The zero-order valence-electron chi connectivity index (χ0n) is 13.7. The van der Waals surface area contributed by atoms with Crippen molar-refractivity contribution < 1.29 is 17.7 Å². The van der Waals surface area contributed by atoms with Gasteiger partial charge in [-0.05, 0) is 36.4 Å². The van der Waals surface area contributed by atoms with Gasteiger partial charge in [-0.15, -0.1) is 0 Å². The molecule has 0 radical (unpaired) electrons. The van der Waals surface area contributed by atoms with Crippen molar-refractivity contribution in [3.63, 3.8) is 0 Å². The third kappa shape index (κ3) is 3.04. The van der Waals surface area contributed by atoms with Gasteiger partial charge in [0.15, 0.2) is 5.82 Å². The number of hydrogen-bond acceptors (Lipinski definition) is 7. The number of nitrogens with one attached hydrogen (secondary N) is 1. The third-order valence-corrected chi connectivity index (χ3v) is 5.21. The monoisotopic (exact) mass is 370 g/mol. The molecular formula is C17H14N4O4S. The lowest BCUT2D eigenvalue weighted by Crippen LogP contribution is -2.08. The number of aromatic nitrogens is 4. The van der Waals surface area contributed by atoms with E-state index in [1.165, 1.54) is 0 Å². The zero-order chi connectivity index (χ0) is 18.1. The van der Waals surface area contributed by atoms with Crippen LogP contribution in [0.15, 0.2) is 58.2 Å². The molecule has 26 heavy (non-hydrogen) atoms. The molecule has 2 aromatic carbocycles. The first kappa shape index (κ1) is 16.3. The number of hydrogen-bond donors (Lipinski definition) is 1. The molecule has 0 saturated heterocycles. The predicted molar refractivity (Wildman–Crippen MR) is 93.3 cm³/mol. The highest BCUT2D eigenvalue weighted by molar-refractivity contribution is 7.90. The molecule has 1 N–H and O–H groups in total. The van der Waals surface area contributed by atoms with Crippen LogP contribution in [0.25, 0.3) is 22.5 Å². The molecule has 0 bridgehead atoms. The molecule has 0 spiro atoms. The average molecular weight is 370 g/mol. The Hall–Kier alpha value is -3.20. The fourth-order valence-electron chi connectivity index (χ4n) is 2.48. The van der Waals surface area contributed by atoms with E-state index in [9.17, 15) is 8.42 Å². The van der Waals surface area contributed by atoms with Gasteiger partial charge in [0.2, 0.25) is 15.0 Å². The molecule has 0 aliphatic rings. The number of benzene rings is 2. The van der Waals surface area contributed by atoms with Crippen molar-refractivity contribution in [3.8, 4) is 17.2 Å². The van der Waals surface area contributed by atoms with E-state index >= 15 is 0 Å². The number of aromatic amines is 1. The Labute approximate surface area is 148 Å². The Morgan fingerprint density at radius 2 is 1.85 bits per heavy atom.